The Kier molecular flexibility index (Phi) is 5.34. The van der Waals surface area contributed by atoms with E-state index in [1.165, 1.54) is 0 Å². The number of nitrogens with zero attached hydrogens (tertiary/aromatic N) is 3. The van der Waals surface area contributed by atoms with Gasteiger partial charge < -0.3 is 5.73 Å². The van der Waals surface area contributed by atoms with Crippen LogP contribution in [0.15, 0.2) is 36.5 Å². The van der Waals surface area contributed by atoms with Gasteiger partial charge in [-0.3, -0.25) is 4.79 Å². The average Bonchev–Trinajstić information content (AvgIpc) is 2.95. The predicted octanol–water partition coefficient (Wildman–Crippen LogP) is 3.59. The van der Waals surface area contributed by atoms with Crippen molar-refractivity contribution in [2.24, 2.45) is 5.73 Å². The number of nitrogens with two attached hydrogens (primary N) is 1. The van der Waals surface area contributed by atoms with Gasteiger partial charge in [0.25, 0.3) is 5.91 Å². The molecular weight excluding hydrogens is 312 g/mol. The van der Waals surface area contributed by atoms with Gasteiger partial charge in [-0.15, -0.1) is 11.6 Å². The maximum atomic E-state index is 11.6. The van der Waals surface area contributed by atoms with E-state index in [0.717, 1.165) is 16.6 Å². The second-order valence-electron chi connectivity index (χ2n) is 4.80. The normalized spacial score (nSPS) is 10.3. The molecule has 3 aromatic rings. The van der Waals surface area contributed by atoms with Crippen LogP contribution < -0.4 is 5.73 Å². The molecule has 1 amide bonds. The van der Waals surface area contributed by atoms with Crippen molar-refractivity contribution in [2.45, 2.75) is 26.7 Å². The predicted molar refractivity (Wildman–Crippen MR) is 93.0 cm³/mol. The molecule has 0 aliphatic heterocycles. The van der Waals surface area contributed by atoms with Crippen molar-refractivity contribution in [2.75, 3.05) is 0 Å². The Morgan fingerprint density at radius 2 is 2.00 bits per heavy atom. The molecule has 2 heterocycles. The highest BCUT2D eigenvalue weighted by atomic mass is 35.5. The van der Waals surface area contributed by atoms with Gasteiger partial charge in [0.15, 0.2) is 11.5 Å². The molecule has 23 heavy (non-hydrogen) atoms. The highest BCUT2D eigenvalue weighted by Gasteiger charge is 2.16. The van der Waals surface area contributed by atoms with Gasteiger partial charge in [0, 0.05) is 17.5 Å². The van der Waals surface area contributed by atoms with Crippen LogP contribution in [0.4, 0.5) is 0 Å². The molecule has 0 aliphatic rings. The van der Waals surface area contributed by atoms with Gasteiger partial charge in [-0.2, -0.15) is 5.10 Å². The van der Waals surface area contributed by atoms with Gasteiger partial charge in [0.05, 0.1) is 5.52 Å². The van der Waals surface area contributed by atoms with Gasteiger partial charge in [-0.1, -0.05) is 19.9 Å². The van der Waals surface area contributed by atoms with E-state index in [9.17, 15) is 4.79 Å². The molecule has 0 unspecified atom stereocenters. The number of carbonyl (C=O) groups is 1. The Morgan fingerprint density at radius 1 is 1.26 bits per heavy atom. The molecular formula is C17H19ClN4O. The van der Waals surface area contributed by atoms with Crippen molar-refractivity contribution in [1.29, 1.82) is 0 Å². The fourth-order valence-corrected chi connectivity index (χ4v) is 2.41. The number of hydrogen-bond donors (Lipinski definition) is 1. The average molecular weight is 331 g/mol. The lowest BCUT2D eigenvalue weighted by molar-refractivity contribution is 0.0996. The lowest BCUT2D eigenvalue weighted by Crippen LogP contribution is -2.12. The first kappa shape index (κ1) is 17.0. The molecule has 0 fully saturated rings. The third-order valence-corrected chi connectivity index (χ3v) is 3.56. The third-order valence-electron chi connectivity index (χ3n) is 3.25. The molecule has 120 valence electrons. The van der Waals surface area contributed by atoms with Gasteiger partial charge in [-0.25, -0.2) is 9.67 Å². The molecule has 1 aromatic carbocycles. The van der Waals surface area contributed by atoms with Gasteiger partial charge in [0.1, 0.15) is 0 Å². The number of halogens is 1. The second-order valence-corrected chi connectivity index (χ2v) is 5.07. The van der Waals surface area contributed by atoms with Crippen molar-refractivity contribution in [3.05, 3.63) is 53.3 Å². The van der Waals surface area contributed by atoms with E-state index in [0.29, 0.717) is 17.1 Å². The lowest BCUT2D eigenvalue weighted by atomic mass is 10.1. The number of amides is 1. The first-order chi connectivity index (χ1) is 11.1. The van der Waals surface area contributed by atoms with Crippen molar-refractivity contribution in [3.63, 3.8) is 0 Å². The Balaban J connectivity index is 0.000000924. The van der Waals surface area contributed by atoms with Gasteiger partial charge in [0.2, 0.25) is 0 Å². The Hall–Kier alpha value is -2.40. The van der Waals surface area contributed by atoms with Crippen molar-refractivity contribution in [1.82, 2.24) is 14.8 Å². The maximum Gasteiger partial charge on any atom is 0.269 e. The van der Waals surface area contributed by atoms with E-state index in [1.54, 1.807) is 10.9 Å². The summed E-state index contributed by atoms with van der Waals surface area (Å²) in [6.45, 7) is 5.97. The number of pyridine rings is 1. The molecule has 2 aromatic heterocycles. The van der Waals surface area contributed by atoms with Crippen molar-refractivity contribution >= 4 is 28.4 Å². The number of aromatic nitrogens is 3. The van der Waals surface area contributed by atoms with Crippen LogP contribution in [0.1, 0.15) is 35.5 Å². The summed E-state index contributed by atoms with van der Waals surface area (Å²) in [5, 5.41) is 5.00. The largest absolute Gasteiger partial charge is 0.364 e. The second kappa shape index (κ2) is 7.24. The Bertz CT molecular complexity index is 842. The minimum atomic E-state index is -0.571. The zero-order valence-electron chi connectivity index (χ0n) is 13.4. The van der Waals surface area contributed by atoms with Crippen LogP contribution in [-0.4, -0.2) is 20.7 Å². The van der Waals surface area contributed by atoms with E-state index in [2.05, 4.69) is 10.1 Å². The first-order valence-corrected chi connectivity index (χ1v) is 7.94. The number of benzene rings is 1. The minimum Gasteiger partial charge on any atom is -0.364 e. The van der Waals surface area contributed by atoms with Crippen LogP contribution >= 0.6 is 11.6 Å². The molecule has 0 atom stereocenters. The number of rotatable bonds is 3. The summed E-state index contributed by atoms with van der Waals surface area (Å²) in [5.41, 5.74) is 8.38. The zero-order chi connectivity index (χ0) is 17.0. The summed E-state index contributed by atoms with van der Waals surface area (Å²) < 4.78 is 1.63. The summed E-state index contributed by atoms with van der Waals surface area (Å²) in [5.74, 6) is 0.436. The van der Waals surface area contributed by atoms with Crippen LogP contribution in [0.3, 0.4) is 0 Å². The maximum absolute atomic E-state index is 11.6. The summed E-state index contributed by atoms with van der Waals surface area (Å²) in [6, 6.07) is 9.40. The molecule has 0 saturated carbocycles. The van der Waals surface area contributed by atoms with Crippen LogP contribution in [0.5, 0.6) is 0 Å². The third kappa shape index (κ3) is 3.35. The van der Waals surface area contributed by atoms with E-state index in [1.807, 2.05) is 51.1 Å². The van der Waals surface area contributed by atoms with Crippen molar-refractivity contribution < 1.29 is 4.79 Å². The minimum absolute atomic E-state index is 0.222. The standard InChI is InChI=1S/C15H13ClN4O.C2H6/c1-9-4-5-18-13(6-9)20-12-3-2-10(8-16)7-11(12)14(19-20)15(17)21;1-2/h2-7H,8H2,1H3,(H2,17,21);1-2H3. The summed E-state index contributed by atoms with van der Waals surface area (Å²) in [6.07, 6.45) is 1.70. The number of hydrogen-bond acceptors (Lipinski definition) is 3. The molecule has 2 N–H and O–H groups in total. The van der Waals surface area contributed by atoms with Crippen LogP contribution in [0.2, 0.25) is 0 Å². The summed E-state index contributed by atoms with van der Waals surface area (Å²) in [7, 11) is 0. The molecule has 5 nitrogen and oxygen atoms in total. The van der Waals surface area contributed by atoms with Crippen LogP contribution in [0, 0.1) is 6.92 Å². The molecule has 0 bridgehead atoms. The quantitative estimate of drug-likeness (QED) is 0.746. The fourth-order valence-electron chi connectivity index (χ4n) is 2.24. The summed E-state index contributed by atoms with van der Waals surface area (Å²) in [4.78, 5) is 15.9. The molecule has 0 spiro atoms. The SMILES string of the molecule is CC.Cc1ccnc(-n2nc(C(N)=O)c3cc(CCl)ccc32)c1. The number of aryl methyl sites for hydroxylation is 1. The lowest BCUT2D eigenvalue weighted by Gasteiger charge is -2.03. The van der Waals surface area contributed by atoms with Crippen molar-refractivity contribution in [3.8, 4) is 5.82 Å². The van der Waals surface area contributed by atoms with E-state index < -0.39 is 5.91 Å². The number of carbonyl (C=O) groups excluding carboxylic acids is 1. The number of alkyl halides is 1. The highest BCUT2D eigenvalue weighted by Crippen LogP contribution is 2.23. The highest BCUT2D eigenvalue weighted by molar-refractivity contribution is 6.17. The van der Waals surface area contributed by atoms with Crippen LogP contribution in [-0.2, 0) is 5.88 Å². The summed E-state index contributed by atoms with van der Waals surface area (Å²) >= 11 is 5.85. The van der Waals surface area contributed by atoms with E-state index >= 15 is 0 Å². The molecule has 0 aliphatic carbocycles. The van der Waals surface area contributed by atoms with Gasteiger partial charge >= 0.3 is 0 Å². The Morgan fingerprint density at radius 3 is 2.61 bits per heavy atom. The monoisotopic (exact) mass is 330 g/mol. The first-order valence-electron chi connectivity index (χ1n) is 7.40. The molecule has 0 radical (unpaired) electrons. The van der Waals surface area contributed by atoms with Crippen LogP contribution in [0.25, 0.3) is 16.7 Å². The smallest absolute Gasteiger partial charge is 0.269 e. The molecule has 6 heteroatoms. The number of fused-ring (bicyclic) bond motifs is 1. The molecule has 0 saturated heterocycles. The number of primary amides is 1. The van der Waals surface area contributed by atoms with Gasteiger partial charge in [-0.05, 0) is 42.3 Å². The Labute approximate surface area is 140 Å². The zero-order valence-corrected chi connectivity index (χ0v) is 14.1. The van der Waals surface area contributed by atoms with E-state index in [-0.39, 0.29) is 5.69 Å². The van der Waals surface area contributed by atoms with E-state index in [4.69, 9.17) is 17.3 Å². The fraction of sp³-hybridized carbons (Fsp3) is 0.235. The topological polar surface area (TPSA) is 73.8 Å². The molecule has 3 rings (SSSR count).